The molecular formula is C28H24N2O7S. The van der Waals surface area contributed by atoms with E-state index < -0.39 is 10.9 Å². The molecule has 0 saturated carbocycles. The number of para-hydroxylation sites is 1. The molecule has 0 atom stereocenters. The van der Waals surface area contributed by atoms with Gasteiger partial charge in [-0.25, -0.2) is 9.79 Å². The number of rotatable bonds is 9. The number of nitrogens with zero attached hydrogens (tertiary/aromatic N) is 2. The lowest BCUT2D eigenvalue weighted by atomic mass is 10.1. The first-order chi connectivity index (χ1) is 18.4. The Morgan fingerprint density at radius 3 is 2.47 bits per heavy atom. The van der Waals surface area contributed by atoms with Crippen molar-refractivity contribution >= 4 is 40.2 Å². The van der Waals surface area contributed by atoms with Crippen molar-refractivity contribution < 1.29 is 29.0 Å². The molecule has 9 nitrogen and oxygen atoms in total. The standard InChI is InChI=1S/C28H24N2O7S/c1-3-36-28(32)25-26(31)24(38-27(25)29-20-7-5-4-6-8-20)16-19-11-14-22(23(15-19)35-2)37-17-18-9-12-21(13-10-18)30(33)34/h4-16,31H,3,17H2,1-2H3/b24-16-,29-27?. The average Bonchev–Trinajstić information content (AvgIpc) is 3.22. The zero-order chi connectivity index (χ0) is 27.1. The number of hydrogen-bond acceptors (Lipinski definition) is 9. The first-order valence-corrected chi connectivity index (χ1v) is 12.4. The first kappa shape index (κ1) is 26.5. The van der Waals surface area contributed by atoms with Crippen LogP contribution in [-0.4, -0.2) is 34.8 Å². The highest BCUT2D eigenvalue weighted by Crippen LogP contribution is 2.41. The number of esters is 1. The number of carbonyl (C=O) groups is 1. The number of non-ortho nitro benzene ring substituents is 1. The second-order valence-corrected chi connectivity index (χ2v) is 8.96. The lowest BCUT2D eigenvalue weighted by molar-refractivity contribution is -0.384. The summed E-state index contributed by atoms with van der Waals surface area (Å²) in [4.78, 5) is 28.0. The number of ether oxygens (including phenoxy) is 3. The maximum atomic E-state index is 12.6. The van der Waals surface area contributed by atoms with Crippen molar-refractivity contribution in [2.45, 2.75) is 13.5 Å². The van der Waals surface area contributed by atoms with Gasteiger partial charge in [-0.3, -0.25) is 10.1 Å². The second-order valence-electron chi connectivity index (χ2n) is 7.93. The third-order valence-corrected chi connectivity index (χ3v) is 6.40. The summed E-state index contributed by atoms with van der Waals surface area (Å²) >= 11 is 1.17. The molecule has 0 radical (unpaired) electrons. The van der Waals surface area contributed by atoms with E-state index in [0.717, 1.165) is 5.56 Å². The number of benzene rings is 3. The summed E-state index contributed by atoms with van der Waals surface area (Å²) in [7, 11) is 1.51. The van der Waals surface area contributed by atoms with E-state index in [9.17, 15) is 20.0 Å². The molecule has 0 aromatic heterocycles. The van der Waals surface area contributed by atoms with Crippen LogP contribution in [0.5, 0.6) is 11.5 Å². The van der Waals surface area contributed by atoms with Gasteiger partial charge in [-0.05, 0) is 60.5 Å². The normalized spacial score (nSPS) is 15.1. The van der Waals surface area contributed by atoms with E-state index in [1.807, 2.05) is 18.2 Å². The minimum atomic E-state index is -0.650. The molecule has 3 aromatic rings. The Hall–Kier alpha value is -4.57. The molecule has 0 amide bonds. The van der Waals surface area contributed by atoms with Crippen LogP contribution in [0.15, 0.2) is 94.0 Å². The van der Waals surface area contributed by atoms with Crippen LogP contribution >= 0.6 is 11.8 Å². The van der Waals surface area contributed by atoms with Crippen LogP contribution in [0.2, 0.25) is 0 Å². The summed E-state index contributed by atoms with van der Waals surface area (Å²) in [5.41, 5.74) is 2.12. The predicted octanol–water partition coefficient (Wildman–Crippen LogP) is 6.38. The number of thioether (sulfide) groups is 1. The highest BCUT2D eigenvalue weighted by Gasteiger charge is 2.33. The van der Waals surface area contributed by atoms with Crippen LogP contribution in [0.25, 0.3) is 6.08 Å². The molecule has 0 fully saturated rings. The molecular weight excluding hydrogens is 508 g/mol. The molecule has 1 aliphatic heterocycles. The molecule has 194 valence electrons. The molecule has 4 rings (SSSR count). The van der Waals surface area contributed by atoms with Gasteiger partial charge in [0.25, 0.3) is 5.69 Å². The SMILES string of the molecule is CCOC(=O)C1=C(O)/C(=C/c2ccc(OCc3ccc([N+](=O)[O-])cc3)c(OC)c2)SC1=Nc1ccccc1. The highest BCUT2D eigenvalue weighted by molar-refractivity contribution is 8.18. The Morgan fingerprint density at radius 1 is 1.08 bits per heavy atom. The van der Waals surface area contributed by atoms with Gasteiger partial charge in [0.05, 0.1) is 29.2 Å². The van der Waals surface area contributed by atoms with Gasteiger partial charge in [-0.1, -0.05) is 36.0 Å². The molecule has 0 aliphatic carbocycles. The Morgan fingerprint density at radius 2 is 1.82 bits per heavy atom. The summed E-state index contributed by atoms with van der Waals surface area (Å²) in [6.07, 6.45) is 1.72. The monoisotopic (exact) mass is 532 g/mol. The van der Waals surface area contributed by atoms with Crippen molar-refractivity contribution in [2.24, 2.45) is 4.99 Å². The van der Waals surface area contributed by atoms with Gasteiger partial charge in [-0.15, -0.1) is 0 Å². The van der Waals surface area contributed by atoms with Crippen LogP contribution < -0.4 is 9.47 Å². The van der Waals surface area contributed by atoms with Gasteiger partial charge in [0.1, 0.15) is 23.0 Å². The van der Waals surface area contributed by atoms with E-state index in [2.05, 4.69) is 4.99 Å². The smallest absolute Gasteiger partial charge is 0.344 e. The van der Waals surface area contributed by atoms with Crippen LogP contribution in [0.1, 0.15) is 18.1 Å². The largest absolute Gasteiger partial charge is 0.506 e. The highest BCUT2D eigenvalue weighted by atomic mass is 32.2. The molecule has 3 aromatic carbocycles. The van der Waals surface area contributed by atoms with Crippen molar-refractivity contribution in [3.05, 3.63) is 110 Å². The number of carbonyl (C=O) groups excluding carboxylic acids is 1. The Bertz CT molecular complexity index is 1430. The summed E-state index contributed by atoms with van der Waals surface area (Å²) < 4.78 is 16.5. The fraction of sp³-hybridized carbons (Fsp3) is 0.143. The lowest BCUT2D eigenvalue weighted by Gasteiger charge is -2.11. The third kappa shape index (κ3) is 6.22. The van der Waals surface area contributed by atoms with E-state index in [-0.39, 0.29) is 30.2 Å². The van der Waals surface area contributed by atoms with Gasteiger partial charge in [0.2, 0.25) is 0 Å². The van der Waals surface area contributed by atoms with E-state index in [0.29, 0.717) is 32.7 Å². The quantitative estimate of drug-likeness (QED) is 0.192. The fourth-order valence-electron chi connectivity index (χ4n) is 3.53. The predicted molar refractivity (Wildman–Crippen MR) is 146 cm³/mol. The van der Waals surface area contributed by atoms with Gasteiger partial charge < -0.3 is 19.3 Å². The van der Waals surface area contributed by atoms with Gasteiger partial charge in [0, 0.05) is 12.1 Å². The first-order valence-electron chi connectivity index (χ1n) is 11.6. The van der Waals surface area contributed by atoms with Crippen LogP contribution in [-0.2, 0) is 16.1 Å². The number of nitro groups is 1. The van der Waals surface area contributed by atoms with E-state index >= 15 is 0 Å². The summed E-state index contributed by atoms with van der Waals surface area (Å²) in [6, 6.07) is 20.5. The van der Waals surface area contributed by atoms with E-state index in [1.165, 1.54) is 31.0 Å². The number of aliphatic hydroxyl groups is 1. The lowest BCUT2D eigenvalue weighted by Crippen LogP contribution is -2.12. The molecule has 10 heteroatoms. The number of aliphatic imine (C=N–C) groups is 1. The molecule has 38 heavy (non-hydrogen) atoms. The summed E-state index contributed by atoms with van der Waals surface area (Å²) in [5, 5.41) is 22.1. The molecule has 0 unspecified atom stereocenters. The van der Waals surface area contributed by atoms with Gasteiger partial charge in [0.15, 0.2) is 11.5 Å². The molecule has 1 N–H and O–H groups in total. The number of nitro benzene ring substituents is 1. The maximum absolute atomic E-state index is 12.6. The minimum absolute atomic E-state index is 0.00823. The Balaban J connectivity index is 1.58. The van der Waals surface area contributed by atoms with Crippen LogP contribution in [0, 0.1) is 10.1 Å². The topological polar surface area (TPSA) is 120 Å². The zero-order valence-electron chi connectivity index (χ0n) is 20.6. The molecule has 0 spiro atoms. The Labute approximate surface area is 223 Å². The molecule has 1 heterocycles. The third-order valence-electron chi connectivity index (χ3n) is 5.38. The van der Waals surface area contributed by atoms with Crippen LogP contribution in [0.3, 0.4) is 0 Å². The van der Waals surface area contributed by atoms with Gasteiger partial charge >= 0.3 is 5.97 Å². The van der Waals surface area contributed by atoms with Crippen molar-refractivity contribution in [2.75, 3.05) is 13.7 Å². The number of hydrogen-bond donors (Lipinski definition) is 1. The molecule has 1 aliphatic rings. The van der Waals surface area contributed by atoms with Crippen molar-refractivity contribution in [1.29, 1.82) is 0 Å². The van der Waals surface area contributed by atoms with E-state index in [4.69, 9.17) is 14.2 Å². The Kier molecular flexibility index (Phi) is 8.44. The van der Waals surface area contributed by atoms with Crippen molar-refractivity contribution in [3.63, 3.8) is 0 Å². The summed E-state index contributed by atoms with van der Waals surface area (Å²) in [5.74, 6) is 0.0747. The number of methoxy groups -OCH3 is 1. The molecule has 0 bridgehead atoms. The number of aliphatic hydroxyl groups excluding tert-OH is 1. The fourth-order valence-corrected chi connectivity index (χ4v) is 4.57. The zero-order valence-corrected chi connectivity index (χ0v) is 21.4. The second kappa shape index (κ2) is 12.1. The van der Waals surface area contributed by atoms with Crippen molar-refractivity contribution in [1.82, 2.24) is 0 Å². The van der Waals surface area contributed by atoms with E-state index in [1.54, 1.807) is 55.5 Å². The van der Waals surface area contributed by atoms with Crippen molar-refractivity contribution in [3.8, 4) is 11.5 Å². The van der Waals surface area contributed by atoms with Gasteiger partial charge in [-0.2, -0.15) is 0 Å². The molecule has 0 saturated heterocycles. The average molecular weight is 533 g/mol. The maximum Gasteiger partial charge on any atom is 0.344 e. The minimum Gasteiger partial charge on any atom is -0.506 e. The summed E-state index contributed by atoms with van der Waals surface area (Å²) in [6.45, 7) is 2.05. The van der Waals surface area contributed by atoms with Crippen LogP contribution in [0.4, 0.5) is 11.4 Å².